The van der Waals surface area contributed by atoms with Gasteiger partial charge in [-0.25, -0.2) is 0 Å². The zero-order chi connectivity index (χ0) is 14.9. The molecule has 0 aromatic carbocycles. The summed E-state index contributed by atoms with van der Waals surface area (Å²) in [5.74, 6) is 0.344. The van der Waals surface area contributed by atoms with Crippen molar-refractivity contribution < 1.29 is 23.7 Å². The van der Waals surface area contributed by atoms with Crippen molar-refractivity contribution in [3.05, 3.63) is 17.3 Å². The van der Waals surface area contributed by atoms with Crippen molar-refractivity contribution >= 4 is 22.6 Å². The third-order valence-corrected chi connectivity index (χ3v) is 3.40. The largest absolute Gasteiger partial charge is 0.474 e. The predicted octanol–water partition coefficient (Wildman–Crippen LogP) is 1.27. The van der Waals surface area contributed by atoms with Gasteiger partial charge >= 0.3 is 0 Å². The van der Waals surface area contributed by atoms with Gasteiger partial charge in [0.05, 0.1) is 33.0 Å². The first-order valence-corrected chi connectivity index (χ1v) is 7.42. The molecule has 0 fully saturated rings. The third-order valence-electron chi connectivity index (χ3n) is 2.65. The predicted molar refractivity (Wildman–Crippen MR) is 77.5 cm³/mol. The minimum absolute atomic E-state index is 0.337. The van der Waals surface area contributed by atoms with Gasteiger partial charge in [0.15, 0.2) is 16.9 Å². The van der Waals surface area contributed by atoms with Crippen molar-refractivity contribution in [3.8, 4) is 5.88 Å². The number of carbonyl (C=O) groups is 1. The van der Waals surface area contributed by atoms with Gasteiger partial charge in [0.25, 0.3) is 0 Å². The Labute approximate surface area is 126 Å². The molecule has 0 unspecified atom stereocenters. The van der Waals surface area contributed by atoms with E-state index < -0.39 is 0 Å². The van der Waals surface area contributed by atoms with Crippen molar-refractivity contribution in [1.82, 2.24) is 9.38 Å². The highest BCUT2D eigenvalue weighted by Gasteiger charge is 2.13. The Morgan fingerprint density at radius 3 is 2.62 bits per heavy atom. The molecule has 0 atom stereocenters. The summed E-state index contributed by atoms with van der Waals surface area (Å²) in [5.41, 5.74) is 0.425. The van der Waals surface area contributed by atoms with Crippen LogP contribution in [-0.4, -0.2) is 62.4 Å². The molecular weight excluding hydrogens is 296 g/mol. The van der Waals surface area contributed by atoms with E-state index in [1.54, 1.807) is 17.7 Å². The topological polar surface area (TPSA) is 71.3 Å². The lowest BCUT2D eigenvalue weighted by molar-refractivity contribution is 0.0176. The van der Waals surface area contributed by atoms with Crippen LogP contribution in [0.25, 0.3) is 4.96 Å². The van der Waals surface area contributed by atoms with Crippen LogP contribution in [0.5, 0.6) is 5.88 Å². The monoisotopic (exact) mass is 314 g/mol. The van der Waals surface area contributed by atoms with Crippen LogP contribution < -0.4 is 4.74 Å². The fourth-order valence-corrected chi connectivity index (χ4v) is 2.37. The van der Waals surface area contributed by atoms with Crippen LogP contribution in [0.15, 0.2) is 11.6 Å². The SMILES string of the molecule is COCCOCCOCCOc1nc2sccn2c1C=O. The first-order valence-electron chi connectivity index (χ1n) is 6.54. The summed E-state index contributed by atoms with van der Waals surface area (Å²) in [4.78, 5) is 16.0. The number of hydrogen-bond donors (Lipinski definition) is 0. The summed E-state index contributed by atoms with van der Waals surface area (Å²) in [6, 6.07) is 0. The summed E-state index contributed by atoms with van der Waals surface area (Å²) in [5, 5.41) is 1.87. The molecule has 0 aliphatic carbocycles. The minimum atomic E-state index is 0.337. The molecule has 2 aromatic rings. The van der Waals surface area contributed by atoms with Crippen molar-refractivity contribution in [2.24, 2.45) is 0 Å². The van der Waals surface area contributed by atoms with Crippen molar-refractivity contribution in [1.29, 1.82) is 0 Å². The van der Waals surface area contributed by atoms with Gasteiger partial charge in [0.1, 0.15) is 6.61 Å². The van der Waals surface area contributed by atoms with Crippen molar-refractivity contribution in [3.63, 3.8) is 0 Å². The van der Waals surface area contributed by atoms with Gasteiger partial charge in [-0.15, -0.1) is 11.3 Å². The van der Waals surface area contributed by atoms with E-state index in [1.165, 1.54) is 11.3 Å². The molecule has 8 heteroatoms. The van der Waals surface area contributed by atoms with E-state index >= 15 is 0 Å². The summed E-state index contributed by atoms with van der Waals surface area (Å²) >= 11 is 1.45. The number of fused-ring (bicyclic) bond motifs is 1. The second-order valence-corrected chi connectivity index (χ2v) is 4.91. The molecule has 0 aliphatic heterocycles. The molecule has 2 heterocycles. The molecule has 0 radical (unpaired) electrons. The van der Waals surface area contributed by atoms with Crippen molar-refractivity contribution in [2.75, 3.05) is 46.8 Å². The molecule has 2 aromatic heterocycles. The summed E-state index contributed by atoms with van der Waals surface area (Å²) < 4.78 is 22.6. The van der Waals surface area contributed by atoms with Crippen LogP contribution in [-0.2, 0) is 14.2 Å². The van der Waals surface area contributed by atoms with E-state index in [9.17, 15) is 4.79 Å². The van der Waals surface area contributed by atoms with Crippen LogP contribution >= 0.6 is 11.3 Å². The Hall–Kier alpha value is -1.48. The van der Waals surface area contributed by atoms with E-state index in [1.807, 2.05) is 5.38 Å². The highest BCUT2D eigenvalue weighted by atomic mass is 32.1. The van der Waals surface area contributed by atoms with Crippen molar-refractivity contribution in [2.45, 2.75) is 0 Å². The highest BCUT2D eigenvalue weighted by molar-refractivity contribution is 7.15. The maximum absolute atomic E-state index is 11.1. The Balaban J connectivity index is 1.64. The molecule has 0 aliphatic rings. The lowest BCUT2D eigenvalue weighted by Crippen LogP contribution is -2.12. The van der Waals surface area contributed by atoms with Crippen LogP contribution in [0.3, 0.4) is 0 Å². The lowest BCUT2D eigenvalue weighted by Gasteiger charge is -2.06. The van der Waals surface area contributed by atoms with Gasteiger partial charge < -0.3 is 18.9 Å². The zero-order valence-electron chi connectivity index (χ0n) is 11.8. The normalized spacial score (nSPS) is 11.1. The molecule has 0 saturated carbocycles. The maximum atomic E-state index is 11.1. The molecule has 0 bridgehead atoms. The van der Waals surface area contributed by atoms with Gasteiger partial charge in [-0.3, -0.25) is 9.20 Å². The second-order valence-electron chi connectivity index (χ2n) is 4.04. The number of aromatic nitrogens is 2. The molecule has 0 amide bonds. The third kappa shape index (κ3) is 4.50. The number of hydrogen-bond acceptors (Lipinski definition) is 7. The molecule has 2 rings (SSSR count). The number of imidazole rings is 1. The Morgan fingerprint density at radius 2 is 1.90 bits per heavy atom. The molecule has 21 heavy (non-hydrogen) atoms. The summed E-state index contributed by atoms with van der Waals surface area (Å²) in [7, 11) is 1.63. The average Bonchev–Trinajstić information content (AvgIpc) is 3.05. The van der Waals surface area contributed by atoms with E-state index in [0.29, 0.717) is 51.2 Å². The molecule has 0 saturated heterocycles. The van der Waals surface area contributed by atoms with E-state index in [4.69, 9.17) is 18.9 Å². The number of thiazole rings is 1. The second kappa shape index (κ2) is 8.73. The number of rotatable bonds is 11. The number of nitrogens with zero attached hydrogens (tertiary/aromatic N) is 2. The van der Waals surface area contributed by atoms with Gasteiger partial charge in [-0.05, 0) is 0 Å². The maximum Gasteiger partial charge on any atom is 0.244 e. The number of ether oxygens (including phenoxy) is 4. The Bertz CT molecular complexity index is 554. The first kappa shape index (κ1) is 15.9. The van der Waals surface area contributed by atoms with E-state index in [-0.39, 0.29) is 0 Å². The van der Waals surface area contributed by atoms with Gasteiger partial charge in [-0.2, -0.15) is 4.98 Å². The molecular formula is C13H18N2O5S. The zero-order valence-corrected chi connectivity index (χ0v) is 12.6. The van der Waals surface area contributed by atoms with Crippen LogP contribution in [0.4, 0.5) is 0 Å². The van der Waals surface area contributed by atoms with E-state index in [2.05, 4.69) is 4.98 Å². The van der Waals surface area contributed by atoms with Crippen LogP contribution in [0.2, 0.25) is 0 Å². The van der Waals surface area contributed by atoms with Gasteiger partial charge in [-0.1, -0.05) is 0 Å². The lowest BCUT2D eigenvalue weighted by atomic mass is 10.5. The first-order chi connectivity index (χ1) is 10.4. The highest BCUT2D eigenvalue weighted by Crippen LogP contribution is 2.21. The fourth-order valence-electron chi connectivity index (χ4n) is 1.66. The smallest absolute Gasteiger partial charge is 0.244 e. The van der Waals surface area contributed by atoms with Gasteiger partial charge in [0.2, 0.25) is 5.88 Å². The molecule has 0 spiro atoms. The fraction of sp³-hybridized carbons (Fsp3) is 0.538. The minimum Gasteiger partial charge on any atom is -0.474 e. The standard InChI is InChI=1S/C13H18N2O5S/c1-17-3-4-18-5-6-19-7-8-20-12-11(10-16)15-2-9-21-13(15)14-12/h2,9-10H,3-8H2,1H3. The number of methoxy groups -OCH3 is 1. The number of aldehydes is 1. The van der Waals surface area contributed by atoms with E-state index in [0.717, 1.165) is 11.2 Å². The van der Waals surface area contributed by atoms with Crippen LogP contribution in [0, 0.1) is 0 Å². The van der Waals surface area contributed by atoms with Gasteiger partial charge in [0, 0.05) is 18.7 Å². The molecule has 116 valence electrons. The number of carbonyl (C=O) groups excluding carboxylic acids is 1. The average molecular weight is 314 g/mol. The Morgan fingerprint density at radius 1 is 1.19 bits per heavy atom. The quantitative estimate of drug-likeness (QED) is 0.459. The molecule has 7 nitrogen and oxygen atoms in total. The molecule has 0 N–H and O–H groups in total. The summed E-state index contributed by atoms with van der Waals surface area (Å²) in [6.07, 6.45) is 2.53. The van der Waals surface area contributed by atoms with Crippen LogP contribution in [0.1, 0.15) is 10.5 Å². The summed E-state index contributed by atoms with van der Waals surface area (Å²) in [6.45, 7) is 2.90. The Kier molecular flexibility index (Phi) is 6.61.